The maximum Gasteiger partial charge on any atom is 0.272 e. The number of carbonyl (C=O) groups is 1. The van der Waals surface area contributed by atoms with Crippen molar-refractivity contribution in [2.45, 2.75) is 45.6 Å². The molecule has 0 aromatic heterocycles. The van der Waals surface area contributed by atoms with E-state index >= 15 is 0 Å². The Morgan fingerprint density at radius 2 is 1.96 bits per heavy atom. The molecule has 0 spiro atoms. The molecule has 1 aromatic carbocycles. The monoisotopic (exact) mass is 398 g/mol. The molecule has 0 aliphatic heterocycles. The summed E-state index contributed by atoms with van der Waals surface area (Å²) in [5.74, 6) is 1.14. The number of aliphatic hydroxyl groups is 1. The van der Waals surface area contributed by atoms with Gasteiger partial charge in [-0.25, -0.2) is 8.42 Å². The van der Waals surface area contributed by atoms with Crippen LogP contribution in [0.25, 0.3) is 0 Å². The molecule has 8 nitrogen and oxygen atoms in total. The van der Waals surface area contributed by atoms with E-state index in [4.69, 9.17) is 16.0 Å². The number of nitrogens with zero attached hydrogens (tertiary/aromatic N) is 1. The van der Waals surface area contributed by atoms with Gasteiger partial charge in [0, 0.05) is 11.7 Å². The van der Waals surface area contributed by atoms with Crippen LogP contribution in [0.5, 0.6) is 0 Å². The molecular formula is C18H26N2O6S. The molecular weight excluding hydrogens is 372 g/mol. The van der Waals surface area contributed by atoms with E-state index in [0.717, 1.165) is 11.1 Å². The number of aryl methyl sites for hydroxylation is 2. The molecule has 0 aliphatic rings. The minimum atomic E-state index is -4.52. The number of amides is 1. The van der Waals surface area contributed by atoms with E-state index in [0.29, 0.717) is 16.6 Å². The van der Waals surface area contributed by atoms with Crippen LogP contribution < -0.4 is 5.32 Å². The molecule has 0 radical (unpaired) electrons. The number of hydrogen-bond acceptors (Lipinski definition) is 6. The fourth-order valence-corrected chi connectivity index (χ4v) is 3.59. The summed E-state index contributed by atoms with van der Waals surface area (Å²) in [4.78, 5) is 17.5. The van der Waals surface area contributed by atoms with E-state index in [1.165, 1.54) is 0 Å². The van der Waals surface area contributed by atoms with Crippen LogP contribution in [-0.4, -0.2) is 48.8 Å². The minimum Gasteiger partial charge on any atom is -0.368 e. The van der Waals surface area contributed by atoms with E-state index in [1.807, 2.05) is 6.07 Å². The highest BCUT2D eigenvalue weighted by atomic mass is 32.2. The fraction of sp³-hybridized carbons (Fsp3) is 0.500. The Bertz CT molecular complexity index is 767. The van der Waals surface area contributed by atoms with Gasteiger partial charge in [0.25, 0.3) is 21.4 Å². The molecule has 1 rings (SSSR count). The van der Waals surface area contributed by atoms with Crippen LogP contribution in [0.1, 0.15) is 31.4 Å². The highest BCUT2D eigenvalue weighted by Gasteiger charge is 2.39. The second kappa shape index (κ2) is 10.4. The molecule has 0 saturated heterocycles. The maximum atomic E-state index is 12.7. The number of nitrogens with one attached hydrogen (secondary N) is 1. The van der Waals surface area contributed by atoms with E-state index < -0.39 is 34.2 Å². The third kappa shape index (κ3) is 6.02. The molecule has 2 unspecified atom stereocenters. The summed E-state index contributed by atoms with van der Waals surface area (Å²) in [5.41, 5.74) is -0.417. The van der Waals surface area contributed by atoms with Crippen molar-refractivity contribution in [3.8, 4) is 12.3 Å². The molecule has 150 valence electrons. The summed E-state index contributed by atoms with van der Waals surface area (Å²) in [6.07, 6.45) is 5.44. The van der Waals surface area contributed by atoms with Crippen molar-refractivity contribution in [3.63, 3.8) is 0 Å². The number of benzene rings is 1. The maximum absolute atomic E-state index is 12.7. The summed E-state index contributed by atoms with van der Waals surface area (Å²) in [7, 11) is -4.52. The Morgan fingerprint density at radius 1 is 1.37 bits per heavy atom. The first-order valence-corrected chi connectivity index (χ1v) is 9.89. The molecule has 2 N–H and O–H groups in total. The van der Waals surface area contributed by atoms with Crippen molar-refractivity contribution in [2.24, 2.45) is 0 Å². The van der Waals surface area contributed by atoms with Crippen LogP contribution in [-0.2, 0) is 24.4 Å². The smallest absolute Gasteiger partial charge is 0.272 e. The number of hydrogen-bond donors (Lipinski definition) is 2. The number of para-hydroxylation sites is 1. The van der Waals surface area contributed by atoms with Gasteiger partial charge in [0.2, 0.25) is 0 Å². The van der Waals surface area contributed by atoms with Crippen LogP contribution >= 0.6 is 0 Å². The molecule has 0 fully saturated rings. The van der Waals surface area contributed by atoms with Gasteiger partial charge in [-0.1, -0.05) is 35.5 Å². The SMILES string of the molecule is C#CCOCON(C(C)CC)S(=O)(=O)C(O)C(=O)Nc1c(C)cccc1C. The van der Waals surface area contributed by atoms with Crippen molar-refractivity contribution in [1.82, 2.24) is 4.47 Å². The predicted molar refractivity (Wildman–Crippen MR) is 102 cm³/mol. The zero-order chi connectivity index (χ0) is 20.6. The third-order valence-corrected chi connectivity index (χ3v) is 5.63. The standard InChI is InChI=1S/C18H26N2O6S/c1-6-11-25-12-26-20(15(5)7-2)27(23,24)18(22)17(21)19-16-13(3)9-8-10-14(16)4/h1,8-10,15,18,22H,7,11-12H2,2-5H3,(H,19,21). The van der Waals surface area contributed by atoms with E-state index in [-0.39, 0.29) is 6.61 Å². The van der Waals surface area contributed by atoms with Crippen LogP contribution in [0.2, 0.25) is 0 Å². The van der Waals surface area contributed by atoms with Crippen LogP contribution in [0.15, 0.2) is 18.2 Å². The number of anilines is 1. The number of carbonyl (C=O) groups excluding carboxylic acids is 1. The number of hydroxylamine groups is 1. The Labute approximate surface area is 160 Å². The third-order valence-electron chi connectivity index (χ3n) is 3.89. The quantitative estimate of drug-likeness (QED) is 0.268. The summed E-state index contributed by atoms with van der Waals surface area (Å²) >= 11 is 0. The molecule has 2 atom stereocenters. The van der Waals surface area contributed by atoms with Crippen molar-refractivity contribution < 1.29 is 27.9 Å². The number of ether oxygens (including phenoxy) is 1. The first kappa shape index (κ1) is 23.1. The lowest BCUT2D eigenvalue weighted by molar-refractivity contribution is -0.186. The van der Waals surface area contributed by atoms with Gasteiger partial charge in [-0.05, 0) is 38.3 Å². The van der Waals surface area contributed by atoms with Crippen LogP contribution in [0.4, 0.5) is 5.69 Å². The topological polar surface area (TPSA) is 105 Å². The first-order valence-electron chi connectivity index (χ1n) is 8.39. The van der Waals surface area contributed by atoms with Crippen LogP contribution in [0, 0.1) is 26.2 Å². The lowest BCUT2D eigenvalue weighted by Gasteiger charge is -2.28. The Hall–Kier alpha value is -1.96. The van der Waals surface area contributed by atoms with Crippen molar-refractivity contribution >= 4 is 21.6 Å². The average Bonchev–Trinajstić information content (AvgIpc) is 2.63. The second-order valence-electron chi connectivity index (χ2n) is 5.97. The van der Waals surface area contributed by atoms with Gasteiger partial charge in [-0.15, -0.1) is 6.42 Å². The van der Waals surface area contributed by atoms with Gasteiger partial charge < -0.3 is 15.2 Å². The van der Waals surface area contributed by atoms with Gasteiger partial charge in [-0.2, -0.15) is 0 Å². The lowest BCUT2D eigenvalue weighted by Crippen LogP contribution is -2.48. The summed E-state index contributed by atoms with van der Waals surface area (Å²) in [6.45, 7) is 6.35. The number of rotatable bonds is 10. The van der Waals surface area contributed by atoms with Crippen LogP contribution in [0.3, 0.4) is 0 Å². The van der Waals surface area contributed by atoms with Gasteiger partial charge in [0.1, 0.15) is 6.61 Å². The van der Waals surface area contributed by atoms with Gasteiger partial charge >= 0.3 is 0 Å². The lowest BCUT2D eigenvalue weighted by atomic mass is 10.1. The molecule has 0 heterocycles. The summed E-state index contributed by atoms with van der Waals surface area (Å²) < 4.78 is 30.9. The van der Waals surface area contributed by atoms with Gasteiger partial charge in [0.15, 0.2) is 6.79 Å². The van der Waals surface area contributed by atoms with E-state index in [1.54, 1.807) is 39.8 Å². The Morgan fingerprint density at radius 3 is 2.48 bits per heavy atom. The number of terminal acetylenes is 1. The highest BCUT2D eigenvalue weighted by Crippen LogP contribution is 2.21. The molecule has 0 saturated carbocycles. The van der Waals surface area contributed by atoms with E-state index in [9.17, 15) is 18.3 Å². The zero-order valence-corrected chi connectivity index (χ0v) is 16.7. The average molecular weight is 398 g/mol. The summed E-state index contributed by atoms with van der Waals surface area (Å²) in [6, 6.07) is 4.70. The Balaban J connectivity index is 2.99. The number of aliphatic hydroxyl groups excluding tert-OH is 1. The largest absolute Gasteiger partial charge is 0.368 e. The second-order valence-corrected chi connectivity index (χ2v) is 7.80. The van der Waals surface area contributed by atoms with Crippen molar-refractivity contribution in [1.29, 1.82) is 0 Å². The molecule has 27 heavy (non-hydrogen) atoms. The minimum absolute atomic E-state index is 0.0655. The predicted octanol–water partition coefficient (Wildman–Crippen LogP) is 1.53. The van der Waals surface area contributed by atoms with E-state index in [2.05, 4.69) is 11.2 Å². The molecule has 9 heteroatoms. The van der Waals surface area contributed by atoms with Crippen molar-refractivity contribution in [3.05, 3.63) is 29.3 Å². The van der Waals surface area contributed by atoms with Gasteiger partial charge in [-0.3, -0.25) is 9.63 Å². The Kier molecular flexibility index (Phi) is 8.88. The highest BCUT2D eigenvalue weighted by molar-refractivity contribution is 7.90. The first-order chi connectivity index (χ1) is 12.7. The zero-order valence-electron chi connectivity index (χ0n) is 15.9. The molecule has 1 aromatic rings. The fourth-order valence-electron chi connectivity index (χ4n) is 2.22. The normalized spacial score (nSPS) is 13.8. The molecule has 0 aliphatic carbocycles. The summed E-state index contributed by atoms with van der Waals surface area (Å²) in [5, 5.41) is 12.7. The molecule has 0 bridgehead atoms. The number of sulfonamides is 1. The van der Waals surface area contributed by atoms with Crippen molar-refractivity contribution in [2.75, 3.05) is 18.7 Å². The van der Waals surface area contributed by atoms with Gasteiger partial charge in [0.05, 0.1) is 0 Å². The molecule has 1 amide bonds.